The maximum Gasteiger partial charge on any atom is 0.119 e. The van der Waals surface area contributed by atoms with Crippen LogP contribution in [0.4, 0.5) is 22.7 Å². The molecule has 0 atom stereocenters. The number of hydrogen-bond acceptors (Lipinski definition) is 7. The molecule has 0 saturated carbocycles. The summed E-state index contributed by atoms with van der Waals surface area (Å²) in [4.78, 5) is 2.22. The van der Waals surface area contributed by atoms with E-state index in [0.29, 0.717) is 38.7 Å². The lowest BCUT2D eigenvalue weighted by Gasteiger charge is -2.26. The maximum absolute atomic E-state index is 6.33. The van der Waals surface area contributed by atoms with Crippen molar-refractivity contribution in [1.82, 2.24) is 4.57 Å². The smallest absolute Gasteiger partial charge is 0.119 e. The minimum Gasteiger partial charge on any atom is -0.497 e. The van der Waals surface area contributed by atoms with Gasteiger partial charge in [-0.25, -0.2) is 0 Å². The Morgan fingerprint density at radius 1 is 0.565 bits per heavy atom. The minimum atomic E-state index is 0.474. The number of benzene rings is 5. The molecule has 5 aromatic carbocycles. The molecule has 1 aromatic heterocycles. The fourth-order valence-electron chi connectivity index (χ4n) is 5.63. The van der Waals surface area contributed by atoms with Gasteiger partial charge in [-0.2, -0.15) is 0 Å². The van der Waals surface area contributed by atoms with E-state index in [1.165, 1.54) is 0 Å². The van der Waals surface area contributed by atoms with Crippen LogP contribution in [0, 0.1) is 0 Å². The highest BCUT2D eigenvalue weighted by Gasteiger charge is 2.18. The van der Waals surface area contributed by atoms with Crippen molar-refractivity contribution in [1.29, 1.82) is 0 Å². The zero-order chi connectivity index (χ0) is 31.9. The zero-order valence-corrected chi connectivity index (χ0v) is 26.4. The summed E-state index contributed by atoms with van der Waals surface area (Å²) < 4.78 is 29.9. The third kappa shape index (κ3) is 6.59. The summed E-state index contributed by atoms with van der Waals surface area (Å²) in [6, 6.07) is 36.9. The van der Waals surface area contributed by atoms with Gasteiger partial charge < -0.3 is 38.9 Å². The third-order valence-electron chi connectivity index (χ3n) is 7.86. The largest absolute Gasteiger partial charge is 0.497 e. The number of hydrogen-bond donors (Lipinski definition) is 1. The summed E-state index contributed by atoms with van der Waals surface area (Å²) in [5.74, 6) is 2.39. The van der Waals surface area contributed by atoms with Crippen molar-refractivity contribution in [2.75, 3.05) is 57.9 Å². The lowest BCUT2D eigenvalue weighted by atomic mass is 10.1. The molecule has 0 aliphatic carbocycles. The average Bonchev–Trinajstić information content (AvgIpc) is 3.41. The molecule has 46 heavy (non-hydrogen) atoms. The van der Waals surface area contributed by atoms with Gasteiger partial charge in [-0.3, -0.25) is 0 Å². The van der Waals surface area contributed by atoms with E-state index in [9.17, 15) is 0 Å². The second kappa shape index (κ2) is 14.3. The molecule has 0 spiro atoms. The Balaban J connectivity index is 1.36. The van der Waals surface area contributed by atoms with E-state index < -0.39 is 0 Å². The van der Waals surface area contributed by atoms with E-state index in [2.05, 4.69) is 70.1 Å². The van der Waals surface area contributed by atoms with Gasteiger partial charge in [0.2, 0.25) is 0 Å². The van der Waals surface area contributed by atoms with Gasteiger partial charge in [-0.1, -0.05) is 0 Å². The van der Waals surface area contributed by atoms with Crippen LogP contribution in [0.5, 0.6) is 17.2 Å². The molecular weight excluding hydrogens is 578 g/mol. The number of methoxy groups -OCH3 is 2. The normalized spacial score (nSPS) is 11.2. The number of rotatable bonds is 14. The van der Waals surface area contributed by atoms with E-state index in [1.807, 2.05) is 55.5 Å². The number of fused-ring (bicyclic) bond motifs is 3. The van der Waals surface area contributed by atoms with E-state index >= 15 is 0 Å². The summed E-state index contributed by atoms with van der Waals surface area (Å²) in [6.45, 7) is 4.81. The Hall–Kier alpha value is -5.18. The molecule has 0 unspecified atom stereocenters. The molecular formula is C38H39N3O5. The topological polar surface area (TPSA) is 80.3 Å². The maximum atomic E-state index is 6.33. The Labute approximate surface area is 269 Å². The molecule has 1 heterocycles. The Kier molecular flexibility index (Phi) is 9.57. The number of nitrogens with zero attached hydrogens (tertiary/aromatic N) is 2. The molecule has 8 nitrogen and oxygen atoms in total. The molecule has 2 N–H and O–H groups in total. The highest BCUT2D eigenvalue weighted by Crippen LogP contribution is 2.41. The number of anilines is 4. The Morgan fingerprint density at radius 3 is 1.70 bits per heavy atom. The van der Waals surface area contributed by atoms with E-state index in [1.54, 1.807) is 14.2 Å². The number of ether oxygens (including phenoxy) is 5. The zero-order valence-electron chi connectivity index (χ0n) is 26.4. The van der Waals surface area contributed by atoms with Crippen molar-refractivity contribution in [3.8, 4) is 22.9 Å². The molecule has 8 heteroatoms. The third-order valence-corrected chi connectivity index (χ3v) is 7.86. The molecule has 0 aliphatic heterocycles. The van der Waals surface area contributed by atoms with Crippen LogP contribution in [0.2, 0.25) is 0 Å². The first-order valence-corrected chi connectivity index (χ1v) is 15.4. The van der Waals surface area contributed by atoms with Crippen molar-refractivity contribution in [3.05, 3.63) is 109 Å². The second-order valence-corrected chi connectivity index (χ2v) is 10.7. The number of nitrogen functional groups attached to an aromatic ring is 1. The van der Waals surface area contributed by atoms with E-state index in [0.717, 1.165) is 61.8 Å². The molecule has 0 bridgehead atoms. The monoisotopic (exact) mass is 617 g/mol. The van der Waals surface area contributed by atoms with Crippen molar-refractivity contribution < 1.29 is 23.7 Å². The van der Waals surface area contributed by atoms with Crippen molar-refractivity contribution in [2.24, 2.45) is 0 Å². The summed E-state index contributed by atoms with van der Waals surface area (Å²) >= 11 is 0. The van der Waals surface area contributed by atoms with Gasteiger partial charge in [0.25, 0.3) is 0 Å². The standard InChI is InChI=1S/C38H39N3O5/c1-4-44-21-22-45-23-24-46-34-17-10-30(11-18-34)41-37-19-5-27(39)25-35(37)36-26-31(12-20-38(36)41)40(28-6-13-32(42-2)14-7-28)29-8-15-33(43-3)16-9-29/h5-20,25-26H,4,21-24,39H2,1-3H3. The molecule has 0 radical (unpaired) electrons. The summed E-state index contributed by atoms with van der Waals surface area (Å²) in [5, 5.41) is 2.17. The summed E-state index contributed by atoms with van der Waals surface area (Å²) in [7, 11) is 3.35. The molecule has 6 rings (SSSR count). The highest BCUT2D eigenvalue weighted by molar-refractivity contribution is 6.11. The van der Waals surface area contributed by atoms with Crippen LogP contribution in [-0.2, 0) is 9.47 Å². The molecule has 0 fully saturated rings. The predicted octanol–water partition coefficient (Wildman–Crippen LogP) is 8.28. The lowest BCUT2D eigenvalue weighted by molar-refractivity contribution is 0.0405. The van der Waals surface area contributed by atoms with Gasteiger partial charge >= 0.3 is 0 Å². The SMILES string of the molecule is CCOCCOCCOc1ccc(-n2c3ccc(N)cc3c3cc(N(c4ccc(OC)cc4)c4ccc(OC)cc4)ccc32)cc1. The lowest BCUT2D eigenvalue weighted by Crippen LogP contribution is -2.10. The predicted molar refractivity (Wildman–Crippen MR) is 186 cm³/mol. The van der Waals surface area contributed by atoms with E-state index in [-0.39, 0.29) is 0 Å². The fraction of sp³-hybridized carbons (Fsp3) is 0.211. The molecule has 0 saturated heterocycles. The first-order valence-electron chi connectivity index (χ1n) is 15.4. The van der Waals surface area contributed by atoms with Crippen LogP contribution >= 0.6 is 0 Å². The minimum absolute atomic E-state index is 0.474. The van der Waals surface area contributed by atoms with Gasteiger partial charge in [0.15, 0.2) is 0 Å². The average molecular weight is 618 g/mol. The van der Waals surface area contributed by atoms with Crippen molar-refractivity contribution in [2.45, 2.75) is 6.92 Å². The number of nitrogens with two attached hydrogens (primary N) is 1. The van der Waals surface area contributed by atoms with Crippen molar-refractivity contribution >= 4 is 44.6 Å². The Bertz CT molecular complexity index is 1840. The van der Waals surface area contributed by atoms with Gasteiger partial charge in [0.05, 0.1) is 45.1 Å². The fourth-order valence-corrected chi connectivity index (χ4v) is 5.63. The van der Waals surface area contributed by atoms with Crippen LogP contribution in [-0.4, -0.2) is 51.8 Å². The Morgan fingerprint density at radius 2 is 1.09 bits per heavy atom. The summed E-state index contributed by atoms with van der Waals surface area (Å²) in [6.07, 6.45) is 0. The van der Waals surface area contributed by atoms with Crippen LogP contribution in [0.25, 0.3) is 27.5 Å². The van der Waals surface area contributed by atoms with Gasteiger partial charge in [-0.05, 0) is 116 Å². The molecule has 236 valence electrons. The molecule has 0 aliphatic rings. The number of aromatic nitrogens is 1. The van der Waals surface area contributed by atoms with Crippen LogP contribution in [0.1, 0.15) is 6.92 Å². The highest BCUT2D eigenvalue weighted by atomic mass is 16.5. The molecule has 6 aromatic rings. The van der Waals surface area contributed by atoms with Gasteiger partial charge in [0.1, 0.15) is 23.9 Å². The quantitative estimate of drug-likeness (QED) is 0.0973. The first kappa shape index (κ1) is 30.8. The second-order valence-electron chi connectivity index (χ2n) is 10.7. The van der Waals surface area contributed by atoms with E-state index in [4.69, 9.17) is 29.4 Å². The molecule has 0 amide bonds. The van der Waals surface area contributed by atoms with Crippen LogP contribution in [0.15, 0.2) is 109 Å². The van der Waals surface area contributed by atoms with Gasteiger partial charge in [0, 0.05) is 45.8 Å². The van der Waals surface area contributed by atoms with Crippen molar-refractivity contribution in [3.63, 3.8) is 0 Å². The van der Waals surface area contributed by atoms with Gasteiger partial charge in [-0.15, -0.1) is 0 Å². The van der Waals surface area contributed by atoms with Crippen LogP contribution < -0.4 is 24.8 Å². The van der Waals surface area contributed by atoms with Crippen LogP contribution in [0.3, 0.4) is 0 Å². The first-order chi connectivity index (χ1) is 22.6. The summed E-state index contributed by atoms with van der Waals surface area (Å²) in [5.41, 5.74) is 13.2.